The molecule has 0 bridgehead atoms. The highest BCUT2D eigenvalue weighted by molar-refractivity contribution is 7.89. The Hall–Kier alpha value is -2.84. The van der Waals surface area contributed by atoms with E-state index in [-0.39, 0.29) is 5.82 Å². The van der Waals surface area contributed by atoms with E-state index in [2.05, 4.69) is 9.97 Å². The van der Waals surface area contributed by atoms with Gasteiger partial charge >= 0.3 is 0 Å². The van der Waals surface area contributed by atoms with Gasteiger partial charge in [-0.25, -0.2) is 22.8 Å². The smallest absolute Gasteiger partial charge is 0.243 e. The molecule has 0 N–H and O–H groups in total. The van der Waals surface area contributed by atoms with Crippen molar-refractivity contribution in [3.8, 4) is 11.4 Å². The largest absolute Gasteiger partial charge is 0.354 e. The van der Waals surface area contributed by atoms with E-state index in [1.165, 1.54) is 16.4 Å². The molecule has 2 heterocycles. The Labute approximate surface area is 169 Å². The Morgan fingerprint density at radius 2 is 1.62 bits per heavy atom. The minimum atomic E-state index is -3.50. The number of sulfonamides is 1. The number of piperazine rings is 1. The van der Waals surface area contributed by atoms with Crippen LogP contribution in [-0.4, -0.2) is 48.9 Å². The second-order valence-corrected chi connectivity index (χ2v) is 8.84. The second kappa shape index (κ2) is 7.88. The number of anilines is 1. The van der Waals surface area contributed by atoms with Crippen molar-refractivity contribution in [2.45, 2.75) is 11.8 Å². The summed E-state index contributed by atoms with van der Waals surface area (Å²) in [5, 5.41) is 0. The number of hydrogen-bond donors (Lipinski definition) is 0. The van der Waals surface area contributed by atoms with E-state index < -0.39 is 10.0 Å². The van der Waals surface area contributed by atoms with E-state index in [0.29, 0.717) is 48.3 Å². The van der Waals surface area contributed by atoms with Gasteiger partial charge < -0.3 is 4.90 Å². The van der Waals surface area contributed by atoms with Gasteiger partial charge in [-0.1, -0.05) is 30.3 Å². The molecule has 8 heteroatoms. The lowest BCUT2D eigenvalue weighted by molar-refractivity contribution is 0.384. The molecule has 2 aromatic carbocycles. The fourth-order valence-corrected chi connectivity index (χ4v) is 4.81. The summed E-state index contributed by atoms with van der Waals surface area (Å²) in [6.45, 7) is 3.64. The number of hydrogen-bond acceptors (Lipinski definition) is 5. The average molecular weight is 412 g/mol. The van der Waals surface area contributed by atoms with Gasteiger partial charge in [0.2, 0.25) is 10.0 Å². The minimum absolute atomic E-state index is 0.305. The summed E-state index contributed by atoms with van der Waals surface area (Å²) in [5.41, 5.74) is 1.38. The maximum absolute atomic E-state index is 13.6. The van der Waals surface area contributed by atoms with E-state index in [1.807, 2.05) is 17.9 Å². The van der Waals surface area contributed by atoms with Gasteiger partial charge in [-0.3, -0.25) is 0 Å². The highest BCUT2D eigenvalue weighted by Gasteiger charge is 2.29. The molecule has 1 saturated heterocycles. The van der Waals surface area contributed by atoms with Gasteiger partial charge in [-0.05, 0) is 31.2 Å². The molecule has 1 aliphatic rings. The average Bonchev–Trinajstić information content (AvgIpc) is 2.74. The number of rotatable bonds is 4. The van der Waals surface area contributed by atoms with Crippen LogP contribution in [0.3, 0.4) is 0 Å². The third kappa shape index (κ3) is 4.13. The minimum Gasteiger partial charge on any atom is -0.354 e. The zero-order valence-electron chi connectivity index (χ0n) is 16.0. The predicted molar refractivity (Wildman–Crippen MR) is 110 cm³/mol. The Balaban J connectivity index is 1.53. The fraction of sp³-hybridized carbons (Fsp3) is 0.238. The lowest BCUT2D eigenvalue weighted by Crippen LogP contribution is -2.49. The Morgan fingerprint density at radius 1 is 0.897 bits per heavy atom. The van der Waals surface area contributed by atoms with Crippen LogP contribution in [0.1, 0.15) is 5.69 Å². The van der Waals surface area contributed by atoms with E-state index in [9.17, 15) is 12.8 Å². The van der Waals surface area contributed by atoms with Crippen LogP contribution >= 0.6 is 0 Å². The highest BCUT2D eigenvalue weighted by Crippen LogP contribution is 2.23. The Bertz CT molecular complexity index is 1110. The predicted octanol–water partition coefficient (Wildman–Crippen LogP) is 3.10. The first-order valence-corrected chi connectivity index (χ1v) is 10.8. The summed E-state index contributed by atoms with van der Waals surface area (Å²) in [5.74, 6) is 0.834. The number of nitrogens with zero attached hydrogens (tertiary/aromatic N) is 4. The second-order valence-electron chi connectivity index (χ2n) is 6.91. The van der Waals surface area contributed by atoms with Crippen LogP contribution < -0.4 is 4.90 Å². The molecule has 1 aromatic heterocycles. The number of aryl methyl sites for hydroxylation is 1. The van der Waals surface area contributed by atoms with Crippen LogP contribution in [0.5, 0.6) is 0 Å². The molecule has 1 aliphatic heterocycles. The number of aromatic nitrogens is 2. The van der Waals surface area contributed by atoms with Crippen molar-refractivity contribution in [2.75, 3.05) is 31.1 Å². The standard InChI is InChI=1S/C21H21FN4O2S/c1-16-14-20(24-21(23-16)17-6-5-7-18(22)15-17)25-10-12-26(13-11-25)29(27,28)19-8-3-2-4-9-19/h2-9,14-15H,10-13H2,1H3. The number of benzene rings is 2. The van der Waals surface area contributed by atoms with E-state index in [1.54, 1.807) is 42.5 Å². The molecule has 0 saturated carbocycles. The van der Waals surface area contributed by atoms with Gasteiger partial charge in [-0.15, -0.1) is 0 Å². The molecule has 4 rings (SSSR count). The first kappa shape index (κ1) is 19.5. The molecule has 150 valence electrons. The van der Waals surface area contributed by atoms with Gasteiger partial charge in [0.25, 0.3) is 0 Å². The molecule has 0 radical (unpaired) electrons. The summed E-state index contributed by atoms with van der Waals surface area (Å²) in [6, 6.07) is 16.5. The summed E-state index contributed by atoms with van der Waals surface area (Å²) >= 11 is 0. The maximum Gasteiger partial charge on any atom is 0.243 e. The van der Waals surface area contributed by atoms with Gasteiger partial charge in [0.15, 0.2) is 5.82 Å². The van der Waals surface area contributed by atoms with Crippen molar-refractivity contribution in [1.29, 1.82) is 0 Å². The summed E-state index contributed by atoms with van der Waals surface area (Å²) in [7, 11) is -3.50. The van der Waals surface area contributed by atoms with Crippen molar-refractivity contribution in [2.24, 2.45) is 0 Å². The lowest BCUT2D eigenvalue weighted by Gasteiger charge is -2.34. The van der Waals surface area contributed by atoms with Gasteiger partial charge in [0.1, 0.15) is 11.6 Å². The zero-order chi connectivity index (χ0) is 20.4. The summed E-state index contributed by atoms with van der Waals surface area (Å²) in [4.78, 5) is 11.4. The molecule has 3 aromatic rings. The fourth-order valence-electron chi connectivity index (χ4n) is 3.37. The van der Waals surface area contributed by atoms with E-state index in [0.717, 1.165) is 5.69 Å². The van der Waals surface area contributed by atoms with Crippen molar-refractivity contribution >= 4 is 15.8 Å². The van der Waals surface area contributed by atoms with E-state index >= 15 is 0 Å². The normalized spacial score (nSPS) is 15.4. The van der Waals surface area contributed by atoms with Gasteiger partial charge in [0, 0.05) is 43.5 Å². The molecule has 0 aliphatic carbocycles. The van der Waals surface area contributed by atoms with Crippen molar-refractivity contribution in [1.82, 2.24) is 14.3 Å². The summed E-state index contributed by atoms with van der Waals surface area (Å²) in [6.07, 6.45) is 0. The number of halogens is 1. The molecule has 29 heavy (non-hydrogen) atoms. The molecular formula is C21H21FN4O2S. The molecule has 0 unspecified atom stereocenters. The van der Waals surface area contributed by atoms with Crippen LogP contribution in [0.15, 0.2) is 65.6 Å². The van der Waals surface area contributed by atoms with Crippen LogP contribution in [0.2, 0.25) is 0 Å². The molecule has 0 spiro atoms. The Morgan fingerprint density at radius 3 is 2.31 bits per heavy atom. The molecular weight excluding hydrogens is 391 g/mol. The quantitative estimate of drug-likeness (QED) is 0.659. The van der Waals surface area contributed by atoms with E-state index in [4.69, 9.17) is 0 Å². The van der Waals surface area contributed by atoms with Crippen LogP contribution in [0.25, 0.3) is 11.4 Å². The van der Waals surface area contributed by atoms with Crippen LogP contribution in [0, 0.1) is 12.7 Å². The monoisotopic (exact) mass is 412 g/mol. The third-order valence-electron chi connectivity index (χ3n) is 4.87. The molecule has 6 nitrogen and oxygen atoms in total. The van der Waals surface area contributed by atoms with Crippen molar-refractivity contribution in [3.63, 3.8) is 0 Å². The van der Waals surface area contributed by atoms with Crippen molar-refractivity contribution < 1.29 is 12.8 Å². The summed E-state index contributed by atoms with van der Waals surface area (Å²) < 4.78 is 40.7. The van der Waals surface area contributed by atoms with Gasteiger partial charge in [-0.2, -0.15) is 4.31 Å². The van der Waals surface area contributed by atoms with Crippen LogP contribution in [-0.2, 0) is 10.0 Å². The first-order valence-electron chi connectivity index (χ1n) is 9.35. The Kier molecular flexibility index (Phi) is 5.29. The third-order valence-corrected chi connectivity index (χ3v) is 6.78. The SMILES string of the molecule is Cc1cc(N2CCN(S(=O)(=O)c3ccccc3)CC2)nc(-c2cccc(F)c2)n1. The van der Waals surface area contributed by atoms with Gasteiger partial charge in [0.05, 0.1) is 4.90 Å². The first-order chi connectivity index (χ1) is 13.9. The van der Waals surface area contributed by atoms with Crippen LogP contribution in [0.4, 0.5) is 10.2 Å². The zero-order valence-corrected chi connectivity index (χ0v) is 16.8. The topological polar surface area (TPSA) is 66.4 Å². The lowest BCUT2D eigenvalue weighted by atomic mass is 10.2. The molecule has 0 atom stereocenters. The van der Waals surface area contributed by atoms with Crippen molar-refractivity contribution in [3.05, 3.63) is 72.2 Å². The maximum atomic E-state index is 13.6. The highest BCUT2D eigenvalue weighted by atomic mass is 32.2. The molecule has 1 fully saturated rings. The molecule has 0 amide bonds.